The summed E-state index contributed by atoms with van der Waals surface area (Å²) in [7, 11) is 0. The Morgan fingerprint density at radius 1 is 1.05 bits per heavy atom. The van der Waals surface area contributed by atoms with Crippen LogP contribution in [0, 0.1) is 11.6 Å². The molecule has 1 heterocycles. The molecule has 0 amide bonds. The molecule has 1 N–H and O–H groups in total. The van der Waals surface area contributed by atoms with Crippen LogP contribution >= 0.6 is 15.9 Å². The average Bonchev–Trinajstić information content (AvgIpc) is 2.49. The molecule has 3 aromatic rings. The van der Waals surface area contributed by atoms with E-state index in [0.29, 0.717) is 22.3 Å². The van der Waals surface area contributed by atoms with Crippen molar-refractivity contribution < 1.29 is 8.78 Å². The zero-order valence-corrected chi connectivity index (χ0v) is 12.7. The number of aromatic nitrogens is 2. The Morgan fingerprint density at radius 2 is 1.86 bits per heavy atom. The second-order valence-corrected chi connectivity index (χ2v) is 5.54. The molecule has 0 spiro atoms. The summed E-state index contributed by atoms with van der Waals surface area (Å²) in [5, 5.41) is 0.472. The van der Waals surface area contributed by atoms with Gasteiger partial charge in [0.15, 0.2) is 11.6 Å². The molecule has 0 saturated heterocycles. The first-order valence-corrected chi connectivity index (χ1v) is 7.15. The van der Waals surface area contributed by atoms with E-state index in [1.54, 1.807) is 24.3 Å². The first-order valence-electron chi connectivity index (χ1n) is 6.36. The molecule has 22 heavy (non-hydrogen) atoms. The number of benzene rings is 2. The smallest absolute Gasteiger partial charge is 0.259 e. The summed E-state index contributed by atoms with van der Waals surface area (Å²) in [6, 6.07) is 8.75. The lowest BCUT2D eigenvalue weighted by Crippen LogP contribution is -2.09. The van der Waals surface area contributed by atoms with Gasteiger partial charge >= 0.3 is 0 Å². The van der Waals surface area contributed by atoms with E-state index in [0.717, 1.165) is 16.6 Å². The highest BCUT2D eigenvalue weighted by Gasteiger charge is 2.03. The summed E-state index contributed by atoms with van der Waals surface area (Å²) in [6.45, 7) is 0. The highest BCUT2D eigenvalue weighted by atomic mass is 79.9. The molecular formula is C16H9BrF2N2O. The first-order chi connectivity index (χ1) is 10.5. The van der Waals surface area contributed by atoms with Crippen molar-refractivity contribution in [2.75, 3.05) is 0 Å². The summed E-state index contributed by atoms with van der Waals surface area (Å²) in [5.41, 5.74) is 0.755. The van der Waals surface area contributed by atoms with E-state index in [9.17, 15) is 13.6 Å². The lowest BCUT2D eigenvalue weighted by Gasteiger charge is -2.00. The van der Waals surface area contributed by atoms with Gasteiger partial charge in [-0.3, -0.25) is 4.79 Å². The Hall–Kier alpha value is -2.34. The van der Waals surface area contributed by atoms with Gasteiger partial charge < -0.3 is 4.98 Å². The molecule has 0 atom stereocenters. The fourth-order valence-electron chi connectivity index (χ4n) is 2.00. The molecule has 3 rings (SSSR count). The third-order valence-electron chi connectivity index (χ3n) is 3.06. The molecule has 0 saturated carbocycles. The largest absolute Gasteiger partial charge is 0.306 e. The summed E-state index contributed by atoms with van der Waals surface area (Å²) in [4.78, 5) is 18.9. The third kappa shape index (κ3) is 2.96. The quantitative estimate of drug-likeness (QED) is 0.744. The number of hydrogen-bond acceptors (Lipinski definition) is 2. The van der Waals surface area contributed by atoms with E-state index in [4.69, 9.17) is 0 Å². The normalized spacial score (nSPS) is 11.4. The Balaban J connectivity index is 2.00. The fourth-order valence-corrected chi connectivity index (χ4v) is 2.36. The molecule has 0 fully saturated rings. The maximum absolute atomic E-state index is 13.1. The number of nitrogens with one attached hydrogen (secondary N) is 1. The molecule has 2 aromatic carbocycles. The molecule has 0 unspecified atom stereocenters. The molecule has 3 nitrogen and oxygen atoms in total. The molecule has 6 heteroatoms. The predicted molar refractivity (Wildman–Crippen MR) is 85.3 cm³/mol. The second kappa shape index (κ2) is 5.81. The highest BCUT2D eigenvalue weighted by molar-refractivity contribution is 9.10. The lowest BCUT2D eigenvalue weighted by atomic mass is 10.2. The van der Waals surface area contributed by atoms with Crippen LogP contribution in [-0.4, -0.2) is 9.97 Å². The summed E-state index contributed by atoms with van der Waals surface area (Å²) < 4.78 is 26.8. The van der Waals surface area contributed by atoms with Gasteiger partial charge in [-0.25, -0.2) is 13.8 Å². The van der Waals surface area contributed by atoms with Crippen LogP contribution in [0.5, 0.6) is 0 Å². The van der Waals surface area contributed by atoms with Crippen LogP contribution in [0.2, 0.25) is 0 Å². The molecule has 110 valence electrons. The van der Waals surface area contributed by atoms with Crippen LogP contribution in [0.15, 0.2) is 45.7 Å². The number of aromatic amines is 1. The number of fused-ring (bicyclic) bond motifs is 1. The van der Waals surface area contributed by atoms with Crippen LogP contribution in [-0.2, 0) is 0 Å². The Kier molecular flexibility index (Phi) is 3.85. The average molecular weight is 363 g/mol. The molecule has 0 radical (unpaired) electrons. The number of rotatable bonds is 2. The van der Waals surface area contributed by atoms with Crippen LogP contribution in [0.1, 0.15) is 11.4 Å². The zero-order chi connectivity index (χ0) is 15.7. The minimum absolute atomic E-state index is 0.267. The molecule has 0 aliphatic rings. The number of halogens is 3. The van der Waals surface area contributed by atoms with Gasteiger partial charge in [-0.15, -0.1) is 0 Å². The lowest BCUT2D eigenvalue weighted by molar-refractivity contribution is 0.508. The molecular weight excluding hydrogens is 354 g/mol. The molecule has 0 aliphatic heterocycles. The van der Waals surface area contributed by atoms with Crippen molar-refractivity contribution in [2.24, 2.45) is 0 Å². The topological polar surface area (TPSA) is 45.8 Å². The van der Waals surface area contributed by atoms with Crippen molar-refractivity contribution in [3.05, 3.63) is 74.2 Å². The van der Waals surface area contributed by atoms with Gasteiger partial charge in [0.05, 0.1) is 10.9 Å². The second-order valence-electron chi connectivity index (χ2n) is 4.62. The number of nitrogens with zero attached hydrogens (tertiary/aromatic N) is 1. The minimum atomic E-state index is -0.924. The van der Waals surface area contributed by atoms with Crippen LogP contribution < -0.4 is 5.56 Å². The van der Waals surface area contributed by atoms with E-state index in [-0.39, 0.29) is 5.56 Å². The minimum Gasteiger partial charge on any atom is -0.306 e. The maximum Gasteiger partial charge on any atom is 0.259 e. The standard InChI is InChI=1S/C16H9BrF2N2O/c17-10-3-5-14-11(8-10)16(22)21-15(20-14)6-2-9-1-4-12(18)13(19)7-9/h1-8H,(H,20,21,22). The van der Waals surface area contributed by atoms with Crippen LogP contribution in [0.4, 0.5) is 8.78 Å². The van der Waals surface area contributed by atoms with E-state index in [1.807, 2.05) is 0 Å². The van der Waals surface area contributed by atoms with Gasteiger partial charge in [-0.05, 0) is 42.0 Å². The summed E-state index contributed by atoms with van der Waals surface area (Å²) >= 11 is 3.30. The monoisotopic (exact) mass is 362 g/mol. The van der Waals surface area contributed by atoms with Crippen molar-refractivity contribution in [3.63, 3.8) is 0 Å². The van der Waals surface area contributed by atoms with Gasteiger partial charge in [0.1, 0.15) is 5.82 Å². The molecule has 0 aliphatic carbocycles. The molecule has 0 bridgehead atoms. The Labute approximate surface area is 132 Å². The summed E-state index contributed by atoms with van der Waals surface area (Å²) in [5.74, 6) is -1.49. The highest BCUT2D eigenvalue weighted by Crippen LogP contribution is 2.16. The van der Waals surface area contributed by atoms with Gasteiger partial charge in [0, 0.05) is 4.47 Å². The van der Waals surface area contributed by atoms with Crippen molar-refractivity contribution in [3.8, 4) is 0 Å². The van der Waals surface area contributed by atoms with Gasteiger partial charge in [0.2, 0.25) is 0 Å². The maximum atomic E-state index is 13.1. The van der Waals surface area contributed by atoms with Gasteiger partial charge in [-0.1, -0.05) is 28.1 Å². The first kappa shape index (κ1) is 14.6. The third-order valence-corrected chi connectivity index (χ3v) is 3.56. The van der Waals surface area contributed by atoms with E-state index < -0.39 is 11.6 Å². The van der Waals surface area contributed by atoms with Crippen LogP contribution in [0.25, 0.3) is 23.1 Å². The van der Waals surface area contributed by atoms with Crippen molar-refractivity contribution in [1.82, 2.24) is 9.97 Å². The van der Waals surface area contributed by atoms with Crippen molar-refractivity contribution >= 4 is 39.0 Å². The zero-order valence-electron chi connectivity index (χ0n) is 11.1. The van der Waals surface area contributed by atoms with Gasteiger partial charge in [0.25, 0.3) is 5.56 Å². The molecule has 1 aromatic heterocycles. The van der Waals surface area contributed by atoms with Crippen molar-refractivity contribution in [1.29, 1.82) is 0 Å². The Morgan fingerprint density at radius 3 is 2.64 bits per heavy atom. The Bertz CT molecular complexity index is 951. The summed E-state index contributed by atoms with van der Waals surface area (Å²) in [6.07, 6.45) is 3.08. The van der Waals surface area contributed by atoms with E-state index in [1.165, 1.54) is 12.1 Å². The van der Waals surface area contributed by atoms with Crippen LogP contribution in [0.3, 0.4) is 0 Å². The van der Waals surface area contributed by atoms with Gasteiger partial charge in [-0.2, -0.15) is 0 Å². The van der Waals surface area contributed by atoms with E-state index >= 15 is 0 Å². The predicted octanol–water partition coefficient (Wildman–Crippen LogP) is 4.13. The van der Waals surface area contributed by atoms with Crippen molar-refractivity contribution in [2.45, 2.75) is 0 Å². The number of hydrogen-bond donors (Lipinski definition) is 1. The SMILES string of the molecule is O=c1[nH]c(C=Cc2ccc(F)c(F)c2)nc2ccc(Br)cc12. The van der Waals surface area contributed by atoms with E-state index in [2.05, 4.69) is 25.9 Å². The fraction of sp³-hybridized carbons (Fsp3) is 0. The number of H-pyrrole nitrogens is 1.